The first-order valence-corrected chi connectivity index (χ1v) is 9.25. The van der Waals surface area contributed by atoms with Gasteiger partial charge in [-0.05, 0) is 42.7 Å². The van der Waals surface area contributed by atoms with Gasteiger partial charge in [0.05, 0.1) is 6.04 Å². The van der Waals surface area contributed by atoms with E-state index in [9.17, 15) is 9.59 Å². The van der Waals surface area contributed by atoms with Gasteiger partial charge in [0.2, 0.25) is 5.91 Å². The molecule has 2 fully saturated rings. The van der Waals surface area contributed by atoms with E-state index >= 15 is 0 Å². The molecule has 1 heterocycles. The standard InChI is InChI=1S/C20H29N3O2/c1-14-9-15(12-20(2,3)11-14)21-19(25)22-16-10-18(24)23(13-16)17-7-5-4-6-8-17/h4-8,14-16H,9-13H2,1-3H3,(H2,21,22,25)/t14-,15+,16+/m0/s1. The first kappa shape index (κ1) is 17.8. The Labute approximate surface area is 150 Å². The normalized spacial score (nSPS) is 28.7. The molecule has 136 valence electrons. The molecule has 1 aliphatic heterocycles. The summed E-state index contributed by atoms with van der Waals surface area (Å²) < 4.78 is 0. The third-order valence-electron chi connectivity index (χ3n) is 5.25. The molecule has 2 N–H and O–H groups in total. The monoisotopic (exact) mass is 343 g/mol. The Hall–Kier alpha value is -2.04. The van der Waals surface area contributed by atoms with E-state index in [1.165, 1.54) is 6.42 Å². The molecular formula is C20H29N3O2. The fraction of sp³-hybridized carbons (Fsp3) is 0.600. The van der Waals surface area contributed by atoms with Crippen LogP contribution in [0.15, 0.2) is 30.3 Å². The summed E-state index contributed by atoms with van der Waals surface area (Å²) in [4.78, 5) is 26.4. The Morgan fingerprint density at radius 3 is 2.48 bits per heavy atom. The number of amides is 3. The molecule has 3 atom stereocenters. The van der Waals surface area contributed by atoms with Gasteiger partial charge < -0.3 is 15.5 Å². The number of nitrogens with one attached hydrogen (secondary N) is 2. The maximum atomic E-state index is 12.4. The van der Waals surface area contributed by atoms with Crippen LogP contribution in [0.2, 0.25) is 0 Å². The number of nitrogens with zero attached hydrogens (tertiary/aromatic N) is 1. The molecule has 0 radical (unpaired) electrons. The van der Waals surface area contributed by atoms with E-state index < -0.39 is 0 Å². The van der Waals surface area contributed by atoms with Gasteiger partial charge in [0.25, 0.3) is 0 Å². The van der Waals surface area contributed by atoms with Gasteiger partial charge in [-0.2, -0.15) is 0 Å². The average molecular weight is 343 g/mol. The van der Waals surface area contributed by atoms with Crippen molar-refractivity contribution in [1.29, 1.82) is 0 Å². The molecule has 2 aliphatic rings. The number of hydrogen-bond donors (Lipinski definition) is 2. The molecule has 0 bridgehead atoms. The molecular weight excluding hydrogens is 314 g/mol. The quantitative estimate of drug-likeness (QED) is 0.884. The fourth-order valence-corrected chi connectivity index (χ4v) is 4.53. The van der Waals surface area contributed by atoms with Crippen molar-refractivity contribution < 1.29 is 9.59 Å². The zero-order valence-corrected chi connectivity index (χ0v) is 15.4. The summed E-state index contributed by atoms with van der Waals surface area (Å²) in [6.45, 7) is 7.31. The molecule has 0 spiro atoms. The SMILES string of the molecule is C[C@H]1C[C@@H](NC(=O)N[C@@H]2CC(=O)N(c3ccccc3)C2)CC(C)(C)C1. The molecule has 1 aliphatic carbocycles. The van der Waals surface area contributed by atoms with E-state index in [4.69, 9.17) is 0 Å². The van der Waals surface area contributed by atoms with E-state index in [0.717, 1.165) is 18.5 Å². The lowest BCUT2D eigenvalue weighted by Crippen LogP contribution is -2.50. The molecule has 1 saturated carbocycles. The number of carbonyl (C=O) groups is 2. The molecule has 0 aromatic heterocycles. The van der Waals surface area contributed by atoms with Gasteiger partial charge >= 0.3 is 6.03 Å². The van der Waals surface area contributed by atoms with Gasteiger partial charge in [-0.25, -0.2) is 4.79 Å². The second-order valence-electron chi connectivity index (χ2n) is 8.47. The smallest absolute Gasteiger partial charge is 0.315 e. The summed E-state index contributed by atoms with van der Waals surface area (Å²) in [6.07, 6.45) is 3.59. The van der Waals surface area contributed by atoms with Crippen LogP contribution >= 0.6 is 0 Å². The van der Waals surface area contributed by atoms with Crippen LogP contribution in [0.4, 0.5) is 10.5 Å². The van der Waals surface area contributed by atoms with Crippen molar-refractivity contribution in [3.8, 4) is 0 Å². The van der Waals surface area contributed by atoms with Crippen LogP contribution in [0.3, 0.4) is 0 Å². The van der Waals surface area contributed by atoms with Crippen molar-refractivity contribution in [2.45, 2.75) is 58.5 Å². The highest BCUT2D eigenvalue weighted by Gasteiger charge is 2.34. The number of para-hydroxylation sites is 1. The second kappa shape index (κ2) is 7.06. The lowest BCUT2D eigenvalue weighted by atomic mass is 9.71. The Bertz CT molecular complexity index is 629. The van der Waals surface area contributed by atoms with Crippen molar-refractivity contribution in [2.24, 2.45) is 11.3 Å². The van der Waals surface area contributed by atoms with Gasteiger partial charge in [-0.3, -0.25) is 4.79 Å². The third-order valence-corrected chi connectivity index (χ3v) is 5.25. The van der Waals surface area contributed by atoms with Crippen LogP contribution in [-0.4, -0.2) is 30.6 Å². The van der Waals surface area contributed by atoms with Crippen LogP contribution in [0.25, 0.3) is 0 Å². The van der Waals surface area contributed by atoms with Gasteiger partial charge in [-0.1, -0.05) is 39.0 Å². The van der Waals surface area contributed by atoms with E-state index in [-0.39, 0.29) is 29.4 Å². The highest BCUT2D eigenvalue weighted by Crippen LogP contribution is 2.38. The minimum absolute atomic E-state index is 0.0592. The van der Waals surface area contributed by atoms with Gasteiger partial charge in [-0.15, -0.1) is 0 Å². The van der Waals surface area contributed by atoms with Crippen LogP contribution in [0.1, 0.15) is 46.5 Å². The zero-order chi connectivity index (χ0) is 18.0. The van der Waals surface area contributed by atoms with Crippen molar-refractivity contribution in [3.05, 3.63) is 30.3 Å². The first-order valence-electron chi connectivity index (χ1n) is 9.25. The van der Waals surface area contributed by atoms with Gasteiger partial charge in [0, 0.05) is 24.7 Å². The molecule has 25 heavy (non-hydrogen) atoms. The summed E-state index contributed by atoms with van der Waals surface area (Å²) in [7, 11) is 0. The predicted octanol–water partition coefficient (Wildman–Crippen LogP) is 3.31. The number of urea groups is 1. The number of benzene rings is 1. The summed E-state index contributed by atoms with van der Waals surface area (Å²) in [5.41, 5.74) is 1.16. The van der Waals surface area contributed by atoms with E-state index in [1.807, 2.05) is 30.3 Å². The fourth-order valence-electron chi connectivity index (χ4n) is 4.53. The number of hydrogen-bond acceptors (Lipinski definition) is 2. The Kier molecular flexibility index (Phi) is 5.02. The van der Waals surface area contributed by atoms with E-state index in [1.54, 1.807) is 4.90 Å². The second-order valence-corrected chi connectivity index (χ2v) is 8.47. The summed E-state index contributed by atoms with van der Waals surface area (Å²) in [5, 5.41) is 6.11. The number of rotatable bonds is 3. The highest BCUT2D eigenvalue weighted by atomic mass is 16.2. The zero-order valence-electron chi connectivity index (χ0n) is 15.4. The Balaban J connectivity index is 1.53. The molecule has 1 aromatic rings. The Morgan fingerprint density at radius 2 is 1.80 bits per heavy atom. The van der Waals surface area contributed by atoms with Crippen LogP contribution in [0.5, 0.6) is 0 Å². The van der Waals surface area contributed by atoms with Gasteiger partial charge in [0.15, 0.2) is 0 Å². The van der Waals surface area contributed by atoms with Crippen molar-refractivity contribution in [3.63, 3.8) is 0 Å². The number of carbonyl (C=O) groups excluding carboxylic acids is 2. The molecule has 5 heteroatoms. The van der Waals surface area contributed by atoms with Gasteiger partial charge in [0.1, 0.15) is 0 Å². The largest absolute Gasteiger partial charge is 0.335 e. The molecule has 1 saturated heterocycles. The summed E-state index contributed by atoms with van der Waals surface area (Å²) in [6, 6.07) is 9.53. The van der Waals surface area contributed by atoms with Crippen LogP contribution < -0.4 is 15.5 Å². The first-order chi connectivity index (χ1) is 11.8. The van der Waals surface area contributed by atoms with E-state index in [0.29, 0.717) is 18.9 Å². The predicted molar refractivity (Wildman–Crippen MR) is 99.5 cm³/mol. The Morgan fingerprint density at radius 1 is 1.12 bits per heavy atom. The van der Waals surface area contributed by atoms with E-state index in [2.05, 4.69) is 31.4 Å². The average Bonchev–Trinajstić information content (AvgIpc) is 2.86. The maximum Gasteiger partial charge on any atom is 0.315 e. The lowest BCUT2D eigenvalue weighted by Gasteiger charge is -2.39. The number of anilines is 1. The third kappa shape index (κ3) is 4.53. The van der Waals surface area contributed by atoms with Crippen molar-refractivity contribution >= 4 is 17.6 Å². The summed E-state index contributed by atoms with van der Waals surface area (Å²) >= 11 is 0. The van der Waals surface area contributed by atoms with Crippen LogP contribution in [0, 0.1) is 11.3 Å². The van der Waals surface area contributed by atoms with Crippen molar-refractivity contribution in [2.75, 3.05) is 11.4 Å². The topological polar surface area (TPSA) is 61.4 Å². The lowest BCUT2D eigenvalue weighted by molar-refractivity contribution is -0.117. The molecule has 3 amide bonds. The molecule has 3 rings (SSSR count). The molecule has 1 aromatic carbocycles. The molecule has 0 unspecified atom stereocenters. The minimum atomic E-state index is -0.150. The minimum Gasteiger partial charge on any atom is -0.335 e. The molecule has 5 nitrogen and oxygen atoms in total. The van der Waals surface area contributed by atoms with Crippen molar-refractivity contribution in [1.82, 2.24) is 10.6 Å². The highest BCUT2D eigenvalue weighted by molar-refractivity contribution is 5.96. The maximum absolute atomic E-state index is 12.4. The van der Waals surface area contributed by atoms with Crippen LogP contribution in [-0.2, 0) is 4.79 Å². The summed E-state index contributed by atoms with van der Waals surface area (Å²) in [5.74, 6) is 0.680.